The fraction of sp³-hybridized carbons (Fsp3) is 0.890. The van der Waals surface area contributed by atoms with Crippen LogP contribution in [0, 0.1) is 0 Å². The third kappa shape index (κ3) is 28.2. The molecule has 30 aliphatic heterocycles. The number of Topliss-reactive ketones (excluding diaryl/α,β-unsaturated/α-hetero) is 1. The first-order chi connectivity index (χ1) is 58.2. The first kappa shape index (κ1) is 104. The van der Waals surface area contributed by atoms with Crippen molar-refractivity contribution in [2.24, 2.45) is 0 Å². The van der Waals surface area contributed by atoms with Gasteiger partial charge >= 0.3 is 0 Å². The third-order valence-electron chi connectivity index (χ3n) is 21.0. The molecule has 0 aromatic heterocycles. The van der Waals surface area contributed by atoms with Crippen LogP contribution in [0.5, 0.6) is 0 Å². The molecular weight excluding hydrogens is 1770 g/mol. The van der Waals surface area contributed by atoms with Gasteiger partial charge in [-0.1, -0.05) is 0 Å². The maximum atomic E-state index is 12.3. The Kier molecular flexibility index (Phi) is 45.2. The molecule has 0 aliphatic carbocycles. The standard InChI is InChI=1S/C73H114O40S8/c1-33(81)9-24-121-32-41-65-49(89)57(97)73(105-41)112-64-40(31-120-23-8-16-80)103-71(55(95)47(64)87)110-62-38(29-118-21-6-14-78)101-69(53(93)45(62)85)108-60-36(27-116-19-4-12-76)99-67(51(91)43(60)83)106-58-34(25-114-17-2-10-74)98-66(50(90)42(58)82)107-59-35(26-115-18-3-11-75)100-68(52(92)44(59)84)109-61-37(28-117-20-5-13-77)102-70(54(94)46(61)86)111-63-39(30-119-22-7-15-79)104-72(113-65)56(96)48(63)88/h10-16,34-73,82-97H,2-9,17-32H2,1H3. The summed E-state index contributed by atoms with van der Waals surface area (Å²) >= 11 is 8.84. The molecule has 30 fully saturated rings. The van der Waals surface area contributed by atoms with Gasteiger partial charge in [-0.3, -0.25) is 4.79 Å². The predicted molar refractivity (Wildman–Crippen MR) is 433 cm³/mol. The van der Waals surface area contributed by atoms with Crippen LogP contribution in [0.4, 0.5) is 0 Å². The summed E-state index contributed by atoms with van der Waals surface area (Å²) in [5.74, 6) is -0.319. The quantitative estimate of drug-likeness (QED) is 0.0200. The van der Waals surface area contributed by atoms with Crippen molar-refractivity contribution in [3.05, 3.63) is 0 Å². The molecule has 16 N–H and O–H groups in total. The molecule has 40 atom stereocenters. The minimum atomic E-state index is -2.17. The number of carbonyl (C=O) groups excluding carboxylic acids is 8. The Bertz CT molecular complexity index is 2960. The summed E-state index contributed by atoms with van der Waals surface area (Å²) in [7, 11) is 0. The molecule has 0 saturated carbocycles. The van der Waals surface area contributed by atoms with Crippen LogP contribution in [0.15, 0.2) is 0 Å². The Hall–Kier alpha value is -1.12. The van der Waals surface area contributed by atoms with Crippen molar-refractivity contribution in [3.8, 4) is 0 Å². The lowest BCUT2D eigenvalue weighted by atomic mass is 9.95. The van der Waals surface area contributed by atoms with Crippen LogP contribution < -0.4 is 0 Å². The molecule has 40 unspecified atom stereocenters. The van der Waals surface area contributed by atoms with Crippen LogP contribution in [0.25, 0.3) is 0 Å². The van der Waals surface area contributed by atoms with Gasteiger partial charge < -0.3 is 191 Å². The van der Waals surface area contributed by atoms with E-state index in [1.54, 1.807) is 0 Å². The van der Waals surface area contributed by atoms with Gasteiger partial charge in [-0.25, -0.2) is 0 Å². The minimum Gasteiger partial charge on any atom is -0.387 e. The molecule has 30 aliphatic rings. The molecule has 694 valence electrons. The number of thioether (sulfide) groups is 8. The predicted octanol–water partition coefficient (Wildman–Crippen LogP) is -6.38. The van der Waals surface area contributed by atoms with Crippen molar-refractivity contribution in [1.82, 2.24) is 0 Å². The summed E-state index contributed by atoms with van der Waals surface area (Å²) in [6, 6.07) is 0. The Morgan fingerprint density at radius 2 is 0.331 bits per heavy atom. The lowest BCUT2D eigenvalue weighted by molar-refractivity contribution is -0.396. The highest BCUT2D eigenvalue weighted by molar-refractivity contribution is 8.00. The number of aliphatic hydroxyl groups is 16. The summed E-state index contributed by atoms with van der Waals surface area (Å²) in [5, 5.41) is 195. The average molecular weight is 1890 g/mol. The second kappa shape index (κ2) is 52.8. The summed E-state index contributed by atoms with van der Waals surface area (Å²) in [6.45, 7) is 1.35. The highest BCUT2D eigenvalue weighted by atomic mass is 32.2. The molecule has 48 heteroatoms. The third-order valence-corrected chi connectivity index (χ3v) is 29.6. The molecule has 0 aromatic carbocycles. The second-order valence-corrected chi connectivity index (χ2v) is 38.9. The SMILES string of the molecule is CC(=O)CCSCC1OC2OC3C(CSCCC=O)OC(OC4C(CSCCC=O)OC(OC5C(CSCCC=O)OC(OC6C(CSCCC=O)OC(OC7C(CSCCC=O)OC(OC8C(CSCCC=O)OC(OC9C(CSCCC=O)OC(OC1C(O)C2O)C(O)C9O)C(O)C8O)C(O)C7O)C(O)C6O)C(O)C5O)C(O)C4O)C(O)C3O. The molecule has 30 saturated heterocycles. The van der Waals surface area contributed by atoms with Gasteiger partial charge in [0.15, 0.2) is 50.3 Å². The van der Waals surface area contributed by atoms with E-state index in [1.165, 1.54) is 6.92 Å². The van der Waals surface area contributed by atoms with Crippen LogP contribution in [0.1, 0.15) is 58.3 Å². The Morgan fingerprint density at radius 1 is 0.207 bits per heavy atom. The summed E-state index contributed by atoms with van der Waals surface area (Å²) in [4.78, 5) is 93.3. The van der Waals surface area contributed by atoms with E-state index in [0.29, 0.717) is 44.0 Å². The zero-order chi connectivity index (χ0) is 87.6. The second-order valence-electron chi connectivity index (χ2n) is 29.7. The van der Waals surface area contributed by atoms with Crippen molar-refractivity contribution in [2.45, 2.75) is 304 Å². The topological polar surface area (TPSA) is 608 Å². The van der Waals surface area contributed by atoms with Crippen LogP contribution >= 0.6 is 94.1 Å². The fourth-order valence-electron chi connectivity index (χ4n) is 14.5. The Labute approximate surface area is 731 Å². The summed E-state index contributed by atoms with van der Waals surface area (Å²) in [6.07, 6.45) is -70.6. The van der Waals surface area contributed by atoms with Crippen molar-refractivity contribution in [3.63, 3.8) is 0 Å². The van der Waals surface area contributed by atoms with E-state index < -0.39 is 246 Å². The smallest absolute Gasteiger partial charge is 0.187 e. The number of ether oxygens (including phenoxy) is 16. The maximum absolute atomic E-state index is 12.3. The van der Waals surface area contributed by atoms with E-state index in [2.05, 4.69) is 0 Å². The van der Waals surface area contributed by atoms with E-state index in [1.807, 2.05) is 0 Å². The van der Waals surface area contributed by atoms with Gasteiger partial charge in [-0.15, -0.1) is 0 Å². The molecule has 30 rings (SSSR count). The zero-order valence-corrected chi connectivity index (χ0v) is 72.4. The van der Waals surface area contributed by atoms with E-state index in [0.717, 1.165) is 94.1 Å². The van der Waals surface area contributed by atoms with Gasteiger partial charge in [0.25, 0.3) is 0 Å². The van der Waals surface area contributed by atoms with E-state index in [9.17, 15) is 120 Å². The van der Waals surface area contributed by atoms with Gasteiger partial charge in [-0.2, -0.15) is 94.1 Å². The first-order valence-corrected chi connectivity index (χ1v) is 49.0. The Morgan fingerprint density at radius 3 is 0.446 bits per heavy atom. The van der Waals surface area contributed by atoms with Crippen molar-refractivity contribution < 1.29 is 196 Å². The van der Waals surface area contributed by atoms with Gasteiger partial charge in [0.05, 0.1) is 48.8 Å². The van der Waals surface area contributed by atoms with Crippen LogP contribution in [-0.2, 0) is 114 Å². The molecule has 0 spiro atoms. The lowest BCUT2D eigenvalue weighted by Crippen LogP contribution is -2.69. The van der Waals surface area contributed by atoms with Gasteiger partial charge in [0, 0.05) is 103 Å². The summed E-state index contributed by atoms with van der Waals surface area (Å²) < 4.78 is 102. The van der Waals surface area contributed by atoms with E-state index in [4.69, 9.17) is 75.8 Å². The highest BCUT2D eigenvalue weighted by Crippen LogP contribution is 2.43. The first-order valence-electron chi connectivity index (χ1n) is 39.8. The molecular formula is C73H114O40S8. The van der Waals surface area contributed by atoms with Gasteiger partial charge in [-0.05, 0) is 47.2 Å². The van der Waals surface area contributed by atoms with Gasteiger partial charge in [0.1, 0.15) is 196 Å². The Balaban J connectivity index is 1.10. The van der Waals surface area contributed by atoms with Gasteiger partial charge in [0.2, 0.25) is 0 Å². The molecule has 121 heavy (non-hydrogen) atoms. The average Bonchev–Trinajstić information content (AvgIpc) is 0.771. The monoisotopic (exact) mass is 1890 g/mol. The van der Waals surface area contributed by atoms with Crippen molar-refractivity contribution >= 4 is 144 Å². The zero-order valence-electron chi connectivity index (χ0n) is 65.8. The van der Waals surface area contributed by atoms with Crippen LogP contribution in [-0.4, -0.2) is 469 Å². The number of aldehydes is 7. The minimum absolute atomic E-state index is 0.0206. The number of aliphatic hydroxyl groups excluding tert-OH is 16. The number of carbonyl (C=O) groups is 8. The fourth-order valence-corrected chi connectivity index (χ4v) is 22.1. The molecule has 0 radical (unpaired) electrons. The number of rotatable bonds is 40. The van der Waals surface area contributed by atoms with Crippen LogP contribution in [0.2, 0.25) is 0 Å². The lowest BCUT2D eigenvalue weighted by Gasteiger charge is -2.51. The number of ketones is 1. The van der Waals surface area contributed by atoms with Crippen LogP contribution in [0.3, 0.4) is 0 Å². The number of hydrogen-bond acceptors (Lipinski definition) is 48. The molecule has 16 bridgehead atoms. The normalized spacial score (nSPS) is 43.2. The van der Waals surface area contributed by atoms with Crippen molar-refractivity contribution in [1.29, 1.82) is 0 Å². The molecule has 40 nitrogen and oxygen atoms in total. The number of hydrogen-bond donors (Lipinski definition) is 16. The highest BCUT2D eigenvalue weighted by Gasteiger charge is 2.61. The maximum Gasteiger partial charge on any atom is 0.187 e. The molecule has 30 heterocycles. The van der Waals surface area contributed by atoms with E-state index >= 15 is 0 Å². The van der Waals surface area contributed by atoms with Crippen molar-refractivity contribution in [2.75, 3.05) is 92.0 Å². The molecule has 0 aromatic rings. The summed E-state index contributed by atoms with van der Waals surface area (Å²) in [5.41, 5.74) is 0. The largest absolute Gasteiger partial charge is 0.387 e. The van der Waals surface area contributed by atoms with E-state index in [-0.39, 0.29) is 149 Å². The molecule has 0 amide bonds.